The molecular weight excluding hydrogens is 500 g/mol. The summed E-state index contributed by atoms with van der Waals surface area (Å²) >= 11 is 0. The summed E-state index contributed by atoms with van der Waals surface area (Å²) in [5.41, 5.74) is 8.03. The average Bonchev–Trinajstić information content (AvgIpc) is 2.88. The van der Waals surface area contributed by atoms with Gasteiger partial charge in [-0.15, -0.1) is 0 Å². The number of carbonyl (C=O) groups is 1. The Balaban J connectivity index is 0.00000247. The lowest BCUT2D eigenvalue weighted by molar-refractivity contribution is -0.119. The van der Waals surface area contributed by atoms with E-state index < -0.39 is 9.84 Å². The van der Waals surface area contributed by atoms with Crippen molar-refractivity contribution in [3.8, 4) is 11.5 Å². The number of rotatable bonds is 8. The van der Waals surface area contributed by atoms with E-state index in [1.165, 1.54) is 6.20 Å². The summed E-state index contributed by atoms with van der Waals surface area (Å²) in [7, 11) is -3.37. The maximum Gasteiger partial charge on any atom is 0.228 e. The Kier molecular flexibility index (Phi) is 10.6. The van der Waals surface area contributed by atoms with Gasteiger partial charge in [0.05, 0.1) is 33.8 Å². The van der Waals surface area contributed by atoms with E-state index in [1.807, 2.05) is 53.7 Å². The Morgan fingerprint density at radius 3 is 2.42 bits per heavy atom. The Labute approximate surface area is 226 Å². The highest BCUT2D eigenvalue weighted by molar-refractivity contribution is 7.91. The summed E-state index contributed by atoms with van der Waals surface area (Å²) in [6.45, 7) is 13.3. The number of hydrogen-bond acceptors (Lipinski definition) is 7. The van der Waals surface area contributed by atoms with E-state index in [4.69, 9.17) is 10.5 Å². The fourth-order valence-corrected chi connectivity index (χ4v) is 4.28. The fraction of sp³-hybridized carbons (Fsp3) is 0.345. The zero-order valence-electron chi connectivity index (χ0n) is 23.2. The van der Waals surface area contributed by atoms with Gasteiger partial charge in [0.15, 0.2) is 9.84 Å². The molecule has 1 heterocycles. The standard InChI is InChI=1S/C27H32N4O4S.C2H6/c1-6-36(33,34)21-8-9-23-22(15-21)25(11-12-29-23)35-24-10-7-19(13-18(24)2)14-26(32)31-20(16-28)17-30-27(3,4)5;1-2/h7-13,15-17H,6,14,28H2,1-5H3,(H,31,32);1-2H3/b20-16+,30-17?;. The van der Waals surface area contributed by atoms with Crippen LogP contribution in [0.3, 0.4) is 0 Å². The van der Waals surface area contributed by atoms with Crippen molar-refractivity contribution in [2.24, 2.45) is 10.7 Å². The van der Waals surface area contributed by atoms with Crippen LogP contribution < -0.4 is 15.8 Å². The molecule has 3 rings (SSSR count). The summed E-state index contributed by atoms with van der Waals surface area (Å²) in [5, 5.41) is 3.37. The number of aryl methyl sites for hydroxylation is 1. The topological polar surface area (TPSA) is 124 Å². The smallest absolute Gasteiger partial charge is 0.228 e. The van der Waals surface area contributed by atoms with Gasteiger partial charge in [-0.2, -0.15) is 0 Å². The van der Waals surface area contributed by atoms with Crippen LogP contribution in [0.15, 0.2) is 70.4 Å². The number of carbonyl (C=O) groups excluding carboxylic acids is 1. The number of nitrogens with zero attached hydrogens (tertiary/aromatic N) is 2. The first kappa shape index (κ1) is 30.5. The quantitative estimate of drug-likeness (QED) is 0.366. The first-order valence-electron chi connectivity index (χ1n) is 12.6. The van der Waals surface area contributed by atoms with Gasteiger partial charge < -0.3 is 15.8 Å². The van der Waals surface area contributed by atoms with Gasteiger partial charge in [0.1, 0.15) is 11.5 Å². The van der Waals surface area contributed by atoms with Crippen LogP contribution in [0.4, 0.5) is 0 Å². The van der Waals surface area contributed by atoms with E-state index >= 15 is 0 Å². The number of aliphatic imine (C=N–C) groups is 1. The SMILES string of the molecule is CC.CCS(=O)(=O)c1ccc2nccc(Oc3ccc(CC(=O)N/C(C=NC(C)(C)C)=C/N)cc3C)c2c1. The molecule has 1 amide bonds. The Morgan fingerprint density at radius 2 is 1.82 bits per heavy atom. The molecule has 0 bridgehead atoms. The Bertz CT molecular complexity index is 1440. The third kappa shape index (κ3) is 8.41. The second kappa shape index (κ2) is 13.2. The van der Waals surface area contributed by atoms with Crippen molar-refractivity contribution in [1.82, 2.24) is 10.3 Å². The first-order valence-corrected chi connectivity index (χ1v) is 14.2. The number of benzene rings is 2. The number of amides is 1. The minimum atomic E-state index is -3.37. The molecule has 0 spiro atoms. The van der Waals surface area contributed by atoms with Crippen LogP contribution in [-0.2, 0) is 21.1 Å². The predicted octanol–water partition coefficient (Wildman–Crippen LogP) is 5.48. The van der Waals surface area contributed by atoms with Crippen LogP contribution in [0.2, 0.25) is 0 Å². The molecule has 0 saturated carbocycles. The molecule has 3 aromatic rings. The van der Waals surface area contributed by atoms with Crippen LogP contribution in [0, 0.1) is 6.92 Å². The van der Waals surface area contributed by atoms with Crippen LogP contribution in [0.1, 0.15) is 52.7 Å². The number of allylic oxidation sites excluding steroid dienone is 1. The average molecular weight is 539 g/mol. The molecule has 1 aromatic heterocycles. The number of aromatic nitrogens is 1. The monoisotopic (exact) mass is 538 g/mol. The molecule has 204 valence electrons. The molecular formula is C29H38N4O4S. The van der Waals surface area contributed by atoms with E-state index in [1.54, 1.807) is 49.7 Å². The molecule has 2 aromatic carbocycles. The van der Waals surface area contributed by atoms with Gasteiger partial charge in [-0.25, -0.2) is 8.42 Å². The van der Waals surface area contributed by atoms with Gasteiger partial charge in [-0.1, -0.05) is 32.9 Å². The number of pyridine rings is 1. The van der Waals surface area contributed by atoms with Gasteiger partial charge in [0.25, 0.3) is 0 Å². The van der Waals surface area contributed by atoms with E-state index in [9.17, 15) is 13.2 Å². The molecule has 3 N–H and O–H groups in total. The maximum atomic E-state index is 12.5. The van der Waals surface area contributed by atoms with Crippen molar-refractivity contribution in [1.29, 1.82) is 0 Å². The second-order valence-electron chi connectivity index (χ2n) is 9.37. The Morgan fingerprint density at radius 1 is 1.11 bits per heavy atom. The lowest BCUT2D eigenvalue weighted by atomic mass is 10.1. The van der Waals surface area contributed by atoms with Crippen molar-refractivity contribution >= 4 is 32.9 Å². The molecule has 0 fully saturated rings. The van der Waals surface area contributed by atoms with E-state index in [2.05, 4.69) is 15.3 Å². The number of nitrogens with two attached hydrogens (primary N) is 1. The van der Waals surface area contributed by atoms with Gasteiger partial charge in [0.2, 0.25) is 5.91 Å². The highest BCUT2D eigenvalue weighted by Gasteiger charge is 2.15. The minimum Gasteiger partial charge on any atom is -0.456 e. The van der Waals surface area contributed by atoms with Crippen LogP contribution in [0.5, 0.6) is 11.5 Å². The third-order valence-electron chi connectivity index (χ3n) is 5.29. The predicted molar refractivity (Wildman–Crippen MR) is 154 cm³/mol. The summed E-state index contributed by atoms with van der Waals surface area (Å²) in [6.07, 6.45) is 4.63. The van der Waals surface area contributed by atoms with Gasteiger partial charge in [0, 0.05) is 24.0 Å². The molecule has 9 heteroatoms. The highest BCUT2D eigenvalue weighted by Crippen LogP contribution is 2.32. The molecule has 0 aliphatic rings. The maximum absolute atomic E-state index is 12.5. The lowest BCUT2D eigenvalue weighted by Crippen LogP contribution is -2.26. The molecule has 8 nitrogen and oxygen atoms in total. The summed E-state index contributed by atoms with van der Waals surface area (Å²) in [4.78, 5) is 21.4. The number of nitrogens with one attached hydrogen (secondary N) is 1. The molecule has 0 aliphatic heterocycles. The van der Waals surface area contributed by atoms with Gasteiger partial charge in [-0.05, 0) is 69.2 Å². The van der Waals surface area contributed by atoms with Crippen molar-refractivity contribution in [3.05, 3.63) is 71.7 Å². The third-order valence-corrected chi connectivity index (χ3v) is 7.02. The van der Waals surface area contributed by atoms with Crippen LogP contribution in [-0.4, -0.2) is 36.8 Å². The zero-order valence-corrected chi connectivity index (χ0v) is 24.0. The second-order valence-corrected chi connectivity index (χ2v) is 11.6. The molecule has 38 heavy (non-hydrogen) atoms. The molecule has 0 saturated heterocycles. The van der Waals surface area contributed by atoms with Gasteiger partial charge in [-0.3, -0.25) is 14.8 Å². The van der Waals surface area contributed by atoms with E-state index in [0.717, 1.165) is 11.1 Å². The van der Waals surface area contributed by atoms with Crippen molar-refractivity contribution in [2.75, 3.05) is 5.75 Å². The molecule has 0 unspecified atom stereocenters. The summed E-state index contributed by atoms with van der Waals surface area (Å²) < 4.78 is 30.8. The minimum absolute atomic E-state index is 0.00899. The molecule has 0 aliphatic carbocycles. The number of fused-ring (bicyclic) bond motifs is 1. The normalized spacial score (nSPS) is 12.2. The van der Waals surface area contributed by atoms with Crippen LogP contribution >= 0.6 is 0 Å². The first-order chi connectivity index (χ1) is 17.9. The Hall–Kier alpha value is -3.72. The molecule has 0 atom stereocenters. The van der Waals surface area contributed by atoms with Crippen molar-refractivity contribution in [3.63, 3.8) is 0 Å². The van der Waals surface area contributed by atoms with Crippen molar-refractivity contribution < 1.29 is 17.9 Å². The fourth-order valence-electron chi connectivity index (χ4n) is 3.37. The largest absolute Gasteiger partial charge is 0.456 e. The number of ether oxygens (including phenoxy) is 1. The highest BCUT2D eigenvalue weighted by atomic mass is 32.2. The lowest BCUT2D eigenvalue weighted by Gasteiger charge is -2.13. The summed E-state index contributed by atoms with van der Waals surface area (Å²) in [6, 6.07) is 12.0. The van der Waals surface area contributed by atoms with E-state index in [-0.39, 0.29) is 28.5 Å². The number of sulfone groups is 1. The molecule has 0 radical (unpaired) electrons. The van der Waals surface area contributed by atoms with E-state index in [0.29, 0.717) is 28.1 Å². The van der Waals surface area contributed by atoms with Gasteiger partial charge >= 0.3 is 0 Å². The zero-order chi connectivity index (χ0) is 28.5. The van der Waals surface area contributed by atoms with Crippen molar-refractivity contribution in [2.45, 2.75) is 65.3 Å². The van der Waals surface area contributed by atoms with Crippen LogP contribution in [0.25, 0.3) is 10.9 Å². The number of hydrogen-bond donors (Lipinski definition) is 2. The summed E-state index contributed by atoms with van der Waals surface area (Å²) in [5.74, 6) is 0.882.